The van der Waals surface area contributed by atoms with Gasteiger partial charge in [-0.15, -0.1) is 0 Å². The number of rotatable bonds is 1. The Kier molecular flexibility index (Phi) is 3.43. The predicted molar refractivity (Wildman–Crippen MR) is 55.8 cm³/mol. The number of hydrogen-bond acceptors (Lipinski definition) is 4. The first-order valence-corrected chi connectivity index (χ1v) is 4.80. The normalized spacial score (nSPS) is 9.85. The third kappa shape index (κ3) is 2.28. The van der Waals surface area contributed by atoms with Crippen molar-refractivity contribution >= 4 is 40.2 Å². The largest absolute Gasteiger partial charge is 0.463 e. The molecule has 0 amide bonds. The molecule has 1 rings (SSSR count). The van der Waals surface area contributed by atoms with Crippen molar-refractivity contribution in [3.05, 3.63) is 20.2 Å². The summed E-state index contributed by atoms with van der Waals surface area (Å²) in [6.45, 7) is 1.75. The van der Waals surface area contributed by atoms with Crippen molar-refractivity contribution in [2.24, 2.45) is 0 Å². The van der Waals surface area contributed by atoms with E-state index in [1.54, 1.807) is 6.92 Å². The van der Waals surface area contributed by atoms with Crippen molar-refractivity contribution in [3.8, 4) is 0 Å². The summed E-state index contributed by atoms with van der Waals surface area (Å²) in [6, 6.07) is 0. The first kappa shape index (κ1) is 10.6. The van der Waals surface area contributed by atoms with E-state index in [0.717, 1.165) is 3.57 Å². The van der Waals surface area contributed by atoms with E-state index in [1.807, 2.05) is 22.6 Å². The van der Waals surface area contributed by atoms with E-state index in [-0.39, 0.29) is 11.0 Å². The van der Waals surface area contributed by atoms with Crippen LogP contribution in [0.15, 0.2) is 0 Å². The Bertz CT molecular complexity index is 333. The van der Waals surface area contributed by atoms with Crippen LogP contribution in [0.3, 0.4) is 0 Å². The summed E-state index contributed by atoms with van der Waals surface area (Å²) in [5, 5.41) is 0.272. The zero-order chi connectivity index (χ0) is 10.0. The first-order valence-electron chi connectivity index (χ1n) is 3.34. The minimum atomic E-state index is -0.582. The maximum absolute atomic E-state index is 11.0. The molecule has 0 saturated carbocycles. The molecular weight excluding hydrogens is 306 g/mol. The molecule has 0 saturated heterocycles. The number of nitrogens with zero attached hydrogens (tertiary/aromatic N) is 2. The summed E-state index contributed by atoms with van der Waals surface area (Å²) in [5.74, 6) is -0.591. The molecule has 1 aromatic heterocycles. The van der Waals surface area contributed by atoms with Crippen LogP contribution in [-0.4, -0.2) is 23.0 Å². The smallest absolute Gasteiger partial charge is 0.376 e. The fourth-order valence-electron chi connectivity index (χ4n) is 0.707. The molecule has 0 N–H and O–H groups in total. The number of methoxy groups -OCH3 is 1. The van der Waals surface area contributed by atoms with E-state index in [4.69, 9.17) is 11.6 Å². The second-order valence-corrected chi connectivity index (χ2v) is 3.67. The minimum absolute atomic E-state index is 0.00887. The van der Waals surface area contributed by atoms with Crippen molar-refractivity contribution in [1.29, 1.82) is 0 Å². The Hall–Kier alpha value is -0.430. The minimum Gasteiger partial charge on any atom is -0.463 e. The number of carbonyl (C=O) groups is 1. The fourth-order valence-corrected chi connectivity index (χ4v) is 1.16. The van der Waals surface area contributed by atoms with Crippen LogP contribution < -0.4 is 0 Å². The van der Waals surface area contributed by atoms with Crippen LogP contribution in [0.4, 0.5) is 0 Å². The summed E-state index contributed by atoms with van der Waals surface area (Å²) in [5.41, 5.74) is 0.668. The molecule has 0 spiro atoms. The lowest BCUT2D eigenvalue weighted by molar-refractivity contribution is 0.0586. The number of carbonyl (C=O) groups excluding carboxylic acids is 1. The van der Waals surface area contributed by atoms with Gasteiger partial charge in [0.1, 0.15) is 5.15 Å². The van der Waals surface area contributed by atoms with Crippen LogP contribution in [0.25, 0.3) is 0 Å². The summed E-state index contributed by atoms with van der Waals surface area (Å²) < 4.78 is 5.20. The summed E-state index contributed by atoms with van der Waals surface area (Å²) >= 11 is 7.77. The van der Waals surface area contributed by atoms with E-state index in [0.29, 0.717) is 5.69 Å². The van der Waals surface area contributed by atoms with Crippen LogP contribution in [-0.2, 0) is 4.74 Å². The molecule has 0 radical (unpaired) electrons. The maximum atomic E-state index is 11.0. The van der Waals surface area contributed by atoms with Crippen molar-refractivity contribution in [2.45, 2.75) is 6.92 Å². The molecule has 0 bridgehead atoms. The SMILES string of the molecule is COC(=O)c1nc(C)c(I)c(Cl)n1. The lowest BCUT2D eigenvalue weighted by Gasteiger charge is -2.02. The summed E-state index contributed by atoms with van der Waals surface area (Å²) in [7, 11) is 1.27. The van der Waals surface area contributed by atoms with Gasteiger partial charge in [-0.05, 0) is 29.5 Å². The third-order valence-electron chi connectivity index (χ3n) is 1.34. The second kappa shape index (κ2) is 4.19. The van der Waals surface area contributed by atoms with Gasteiger partial charge in [0, 0.05) is 0 Å². The van der Waals surface area contributed by atoms with Crippen molar-refractivity contribution in [2.75, 3.05) is 7.11 Å². The highest BCUT2D eigenvalue weighted by Crippen LogP contribution is 2.18. The van der Waals surface area contributed by atoms with Gasteiger partial charge in [-0.3, -0.25) is 0 Å². The van der Waals surface area contributed by atoms with E-state index >= 15 is 0 Å². The zero-order valence-electron chi connectivity index (χ0n) is 6.97. The van der Waals surface area contributed by atoms with Crippen LogP contribution in [0.5, 0.6) is 0 Å². The zero-order valence-corrected chi connectivity index (χ0v) is 9.88. The molecule has 6 heteroatoms. The lowest BCUT2D eigenvalue weighted by Crippen LogP contribution is -2.09. The van der Waals surface area contributed by atoms with Crippen LogP contribution in [0.1, 0.15) is 16.3 Å². The van der Waals surface area contributed by atoms with Crippen LogP contribution in [0.2, 0.25) is 5.15 Å². The first-order chi connectivity index (χ1) is 6.06. The molecule has 0 aromatic carbocycles. The molecule has 1 aromatic rings. The Morgan fingerprint density at radius 2 is 2.15 bits per heavy atom. The van der Waals surface area contributed by atoms with Crippen molar-refractivity contribution in [1.82, 2.24) is 9.97 Å². The second-order valence-electron chi connectivity index (χ2n) is 2.23. The Balaban J connectivity index is 3.20. The van der Waals surface area contributed by atoms with Crippen molar-refractivity contribution in [3.63, 3.8) is 0 Å². The molecule has 1 heterocycles. The molecular formula is C7H6ClIN2O2. The summed E-state index contributed by atoms with van der Waals surface area (Å²) in [4.78, 5) is 18.7. The quantitative estimate of drug-likeness (QED) is 0.451. The van der Waals surface area contributed by atoms with Gasteiger partial charge in [0.05, 0.1) is 16.4 Å². The molecule has 0 aliphatic rings. The van der Waals surface area contributed by atoms with Gasteiger partial charge in [-0.25, -0.2) is 14.8 Å². The molecule has 13 heavy (non-hydrogen) atoms. The topological polar surface area (TPSA) is 52.1 Å². The average Bonchev–Trinajstić information content (AvgIpc) is 2.12. The molecule has 0 atom stereocenters. The number of hydrogen-bond donors (Lipinski definition) is 0. The highest BCUT2D eigenvalue weighted by atomic mass is 127. The molecule has 0 aliphatic carbocycles. The molecule has 0 unspecified atom stereocenters. The van der Waals surface area contributed by atoms with Gasteiger partial charge >= 0.3 is 5.97 Å². The number of aryl methyl sites for hydroxylation is 1. The summed E-state index contributed by atoms with van der Waals surface area (Å²) in [6.07, 6.45) is 0. The van der Waals surface area contributed by atoms with Crippen LogP contribution in [0, 0.1) is 10.5 Å². The van der Waals surface area contributed by atoms with E-state index in [9.17, 15) is 4.79 Å². The van der Waals surface area contributed by atoms with Gasteiger partial charge in [0.15, 0.2) is 0 Å². The Labute approximate surface area is 93.8 Å². The van der Waals surface area contributed by atoms with Gasteiger partial charge in [0.2, 0.25) is 5.82 Å². The monoisotopic (exact) mass is 312 g/mol. The highest BCUT2D eigenvalue weighted by molar-refractivity contribution is 14.1. The van der Waals surface area contributed by atoms with Gasteiger partial charge in [-0.1, -0.05) is 11.6 Å². The highest BCUT2D eigenvalue weighted by Gasteiger charge is 2.13. The fraction of sp³-hybridized carbons (Fsp3) is 0.286. The van der Waals surface area contributed by atoms with E-state index < -0.39 is 5.97 Å². The van der Waals surface area contributed by atoms with Gasteiger partial charge in [-0.2, -0.15) is 0 Å². The van der Waals surface area contributed by atoms with Gasteiger partial charge < -0.3 is 4.74 Å². The number of ether oxygens (including phenoxy) is 1. The molecule has 0 fully saturated rings. The number of aromatic nitrogens is 2. The van der Waals surface area contributed by atoms with Gasteiger partial charge in [0.25, 0.3) is 0 Å². The average molecular weight is 312 g/mol. The van der Waals surface area contributed by atoms with Crippen LogP contribution >= 0.6 is 34.2 Å². The maximum Gasteiger partial charge on any atom is 0.376 e. The number of esters is 1. The number of halogens is 2. The molecule has 70 valence electrons. The van der Waals surface area contributed by atoms with E-state index in [1.165, 1.54) is 7.11 Å². The Morgan fingerprint density at radius 1 is 1.54 bits per heavy atom. The standard InChI is InChI=1S/C7H6ClIN2O2/c1-3-4(9)5(8)11-6(10-3)7(12)13-2/h1-2H3. The lowest BCUT2D eigenvalue weighted by atomic mass is 10.4. The molecule has 4 nitrogen and oxygen atoms in total. The molecule has 0 aliphatic heterocycles. The Morgan fingerprint density at radius 3 is 2.62 bits per heavy atom. The van der Waals surface area contributed by atoms with E-state index in [2.05, 4.69) is 14.7 Å². The third-order valence-corrected chi connectivity index (χ3v) is 3.23. The predicted octanol–water partition coefficient (Wildman–Crippen LogP) is 1.83. The van der Waals surface area contributed by atoms with Crippen molar-refractivity contribution < 1.29 is 9.53 Å².